The van der Waals surface area contributed by atoms with Gasteiger partial charge >= 0.3 is 0 Å². The second-order valence-corrected chi connectivity index (χ2v) is 9.99. The van der Waals surface area contributed by atoms with Crippen molar-refractivity contribution in [3.8, 4) is 23.0 Å². The molecule has 0 aromatic heterocycles. The van der Waals surface area contributed by atoms with Crippen LogP contribution in [0.15, 0.2) is 66.7 Å². The molecule has 4 N–H and O–H groups in total. The van der Waals surface area contributed by atoms with Crippen LogP contribution >= 0.6 is 7.82 Å². The third kappa shape index (κ3) is 12.7. The van der Waals surface area contributed by atoms with E-state index in [1.165, 1.54) is 0 Å². The van der Waals surface area contributed by atoms with Crippen LogP contribution in [0.25, 0.3) is 0 Å². The Morgan fingerprint density at radius 1 is 0.833 bits per heavy atom. The van der Waals surface area contributed by atoms with Gasteiger partial charge in [-0.15, -0.1) is 12.1 Å². The normalized spacial score (nSPS) is 12.4. The van der Waals surface area contributed by atoms with Gasteiger partial charge in [0.15, 0.2) is 0 Å². The van der Waals surface area contributed by atoms with E-state index in [0.717, 1.165) is 5.56 Å². The van der Waals surface area contributed by atoms with Crippen molar-refractivity contribution < 1.29 is 65.2 Å². The number of hydrogen-bond donors (Lipinski definition) is 2. The van der Waals surface area contributed by atoms with E-state index >= 15 is 0 Å². The summed E-state index contributed by atoms with van der Waals surface area (Å²) in [5.74, 6) is 2.69. The molecule has 0 saturated carbocycles. The molecule has 193 valence electrons. The summed E-state index contributed by atoms with van der Waals surface area (Å²) in [5, 5.41) is 0. The number of phosphoric ester groups is 1. The van der Waals surface area contributed by atoms with Crippen LogP contribution in [0.3, 0.4) is 0 Å². The Hall–Kier alpha value is -2.10. The first-order valence-electron chi connectivity index (χ1n) is 10.6. The van der Waals surface area contributed by atoms with Crippen molar-refractivity contribution in [1.82, 2.24) is 0 Å². The molecule has 1 radical (unpaired) electrons. The average molecular weight is 590 g/mol. The van der Waals surface area contributed by atoms with Crippen LogP contribution < -0.4 is 25.8 Å². The Labute approximate surface area is 238 Å². The average Bonchev–Trinajstić information content (AvgIpc) is 2.76. The van der Waals surface area contributed by atoms with Crippen molar-refractivity contribution in [3.05, 3.63) is 86.3 Å². The van der Waals surface area contributed by atoms with E-state index in [-0.39, 0.29) is 39.3 Å². The van der Waals surface area contributed by atoms with E-state index in [9.17, 15) is 9.46 Å². The summed E-state index contributed by atoms with van der Waals surface area (Å²) in [4.78, 5) is 10.6. The van der Waals surface area contributed by atoms with Gasteiger partial charge in [0.25, 0.3) is 0 Å². The van der Waals surface area contributed by atoms with Crippen molar-refractivity contribution in [2.24, 2.45) is 0 Å². The maximum atomic E-state index is 10.6. The molecule has 1 atom stereocenters. The van der Waals surface area contributed by atoms with Gasteiger partial charge in [0.05, 0.1) is 32.6 Å². The van der Waals surface area contributed by atoms with E-state index in [1.807, 2.05) is 57.5 Å². The largest absolute Gasteiger partial charge is 0.758 e. The molecule has 0 spiro atoms. The zero-order valence-corrected chi connectivity index (χ0v) is 24.5. The fourth-order valence-electron chi connectivity index (χ4n) is 2.56. The molecule has 1 unspecified atom stereocenters. The summed E-state index contributed by atoms with van der Waals surface area (Å²) in [6, 6.07) is 19.9. The minimum absolute atomic E-state index is 0. The standard InChI is InChI=1S/C19H17N2O2.C6H16NO4P.Y/c1-13-10-18(22-16-6-2-14(20)3-7-16)12-19(11-13)23-17-8-4-15(21)5-9-17;1-7(2,3)5-6-11-12(8,9)10-4;/h2-12H,1,20-21H2;4-6H2,1-3H3,(H,8,9);/q-1;;/p-1. The molecule has 0 aliphatic heterocycles. The van der Waals surface area contributed by atoms with Crippen molar-refractivity contribution in [1.29, 1.82) is 0 Å². The minimum Gasteiger partial charge on any atom is -0.758 e. The maximum Gasteiger partial charge on any atom is 0.236 e. The van der Waals surface area contributed by atoms with Gasteiger partial charge < -0.3 is 39.4 Å². The van der Waals surface area contributed by atoms with E-state index < -0.39 is 7.82 Å². The second-order valence-electron chi connectivity index (χ2n) is 8.58. The molecule has 0 fully saturated rings. The summed E-state index contributed by atoms with van der Waals surface area (Å²) in [7, 11) is 4.44. The molecule has 0 heterocycles. The van der Waals surface area contributed by atoms with Crippen molar-refractivity contribution in [2.45, 2.75) is 0 Å². The summed E-state index contributed by atoms with van der Waals surface area (Å²) in [6.07, 6.45) is 0. The van der Waals surface area contributed by atoms with Gasteiger partial charge in [-0.2, -0.15) is 12.5 Å². The molecular weight excluding hydrogens is 558 g/mol. The quantitative estimate of drug-likeness (QED) is 0.160. The third-order valence-electron chi connectivity index (χ3n) is 4.34. The number of ether oxygens (including phenoxy) is 2. The van der Waals surface area contributed by atoms with Crippen LogP contribution in [0.4, 0.5) is 11.4 Å². The first kappa shape index (κ1) is 31.9. The molecule has 11 heteroatoms. The summed E-state index contributed by atoms with van der Waals surface area (Å²) in [6.45, 7) is 4.66. The van der Waals surface area contributed by atoms with Crippen LogP contribution in [-0.2, 0) is 46.3 Å². The van der Waals surface area contributed by atoms with Crippen molar-refractivity contribution in [2.75, 3.05) is 45.8 Å². The fraction of sp³-hybridized carbons (Fsp3) is 0.200. The van der Waals surface area contributed by atoms with E-state index in [2.05, 4.69) is 23.1 Å². The van der Waals surface area contributed by atoms with Crippen LogP contribution in [0, 0.1) is 14.0 Å². The fourth-order valence-corrected chi connectivity index (χ4v) is 2.94. The molecule has 0 aliphatic rings. The number of anilines is 2. The number of benzene rings is 3. The molecule has 3 aromatic carbocycles. The molecule has 9 nitrogen and oxygen atoms in total. The molecule has 0 bridgehead atoms. The Balaban J connectivity index is 0.000000429. The van der Waals surface area contributed by atoms with Gasteiger partial charge in [0, 0.05) is 44.1 Å². The predicted octanol–water partition coefficient (Wildman–Crippen LogP) is 4.60. The zero-order valence-electron chi connectivity index (χ0n) is 20.8. The number of phosphoric acid groups is 1. The topological polar surface area (TPSA) is 129 Å². The summed E-state index contributed by atoms with van der Waals surface area (Å²) in [5.41, 5.74) is 13.5. The van der Waals surface area contributed by atoms with Gasteiger partial charge in [-0.25, -0.2) is 7.11 Å². The molecule has 0 aliphatic carbocycles. The van der Waals surface area contributed by atoms with Crippen molar-refractivity contribution in [3.63, 3.8) is 0 Å². The number of nitrogens with two attached hydrogens (primary N) is 2. The molecule has 0 amide bonds. The molecule has 3 aromatic rings. The van der Waals surface area contributed by atoms with Gasteiger partial charge in [-0.3, -0.25) is 4.57 Å². The number of likely N-dealkylation sites (N-methyl/N-ethyl adjacent to an activating group) is 1. The van der Waals surface area contributed by atoms with E-state index in [4.69, 9.17) is 20.9 Å². The third-order valence-corrected chi connectivity index (χ3v) is 5.16. The van der Waals surface area contributed by atoms with Crippen LogP contribution in [-0.4, -0.2) is 38.8 Å². The molecular formula is C25H32N3O6PY-2. The monoisotopic (exact) mass is 590 g/mol. The van der Waals surface area contributed by atoms with Crippen molar-refractivity contribution >= 4 is 19.2 Å². The smallest absolute Gasteiger partial charge is 0.236 e. The maximum absolute atomic E-state index is 10.6. The van der Waals surface area contributed by atoms with E-state index in [1.54, 1.807) is 30.3 Å². The van der Waals surface area contributed by atoms with Gasteiger partial charge in [-0.1, -0.05) is 0 Å². The Kier molecular flexibility index (Phi) is 12.9. The van der Waals surface area contributed by atoms with Gasteiger partial charge in [-0.05, 0) is 54.6 Å². The molecule has 36 heavy (non-hydrogen) atoms. The molecule has 0 saturated heterocycles. The number of nitrogen functional groups attached to an aromatic ring is 2. The zero-order chi connectivity index (χ0) is 26.1. The van der Waals surface area contributed by atoms with E-state index in [0.29, 0.717) is 45.4 Å². The number of rotatable bonds is 9. The second kappa shape index (κ2) is 14.6. The van der Waals surface area contributed by atoms with Crippen LogP contribution in [0.2, 0.25) is 0 Å². The predicted molar refractivity (Wildman–Crippen MR) is 136 cm³/mol. The minimum atomic E-state index is -4.13. The first-order valence-corrected chi connectivity index (χ1v) is 12.0. The van der Waals surface area contributed by atoms with Gasteiger partial charge in [0.1, 0.15) is 24.7 Å². The Morgan fingerprint density at radius 3 is 1.61 bits per heavy atom. The summed E-state index contributed by atoms with van der Waals surface area (Å²) >= 11 is 0. The Morgan fingerprint density at radius 2 is 1.25 bits per heavy atom. The number of nitrogens with zero attached hydrogens (tertiary/aromatic N) is 1. The van der Waals surface area contributed by atoms with Gasteiger partial charge in [0.2, 0.25) is 7.82 Å². The molecule has 3 rings (SSSR count). The SMILES string of the molecule is [CH2-]OP(=O)([O-])OCC[N+](C)(C)C.[CH2-]c1cc(Oc2ccc(N)cc2)cc(Oc2ccc(N)cc2)c1.[Y]. The van der Waals surface area contributed by atoms with Crippen LogP contribution in [0.1, 0.15) is 5.56 Å². The Bertz CT molecular complexity index is 1060. The first-order chi connectivity index (χ1) is 16.3. The van der Waals surface area contributed by atoms with Crippen LogP contribution in [0.5, 0.6) is 23.0 Å². The number of quaternary nitrogens is 1. The summed E-state index contributed by atoms with van der Waals surface area (Å²) < 4.78 is 31.2. The number of hydrogen-bond acceptors (Lipinski definition) is 8.